The van der Waals surface area contributed by atoms with Crippen molar-refractivity contribution in [2.24, 2.45) is 5.41 Å². The average molecular weight is 448 g/mol. The molecule has 1 N–H and O–H groups in total. The molecule has 0 aromatic heterocycles. The molecule has 5 nitrogen and oxygen atoms in total. The van der Waals surface area contributed by atoms with Gasteiger partial charge in [0.1, 0.15) is 11.0 Å². The Labute approximate surface area is 173 Å². The molecular formula is C22H26BrNO4. The van der Waals surface area contributed by atoms with Gasteiger partial charge in [0.2, 0.25) is 0 Å². The Bertz CT molecular complexity index is 895. The molecule has 3 aliphatic rings. The number of carbonyl (C=O) groups is 2. The minimum absolute atomic E-state index is 0.0736. The summed E-state index contributed by atoms with van der Waals surface area (Å²) in [5.41, 5.74) is 0.632. The zero-order valence-corrected chi connectivity index (χ0v) is 18.1. The van der Waals surface area contributed by atoms with Crippen LogP contribution in [0.3, 0.4) is 0 Å². The lowest BCUT2D eigenvalue weighted by Crippen LogP contribution is -2.50. The monoisotopic (exact) mass is 447 g/mol. The quantitative estimate of drug-likeness (QED) is 0.693. The Morgan fingerprint density at radius 2 is 2.07 bits per heavy atom. The van der Waals surface area contributed by atoms with Gasteiger partial charge in [-0.15, -0.1) is 0 Å². The van der Waals surface area contributed by atoms with E-state index in [4.69, 9.17) is 4.74 Å². The van der Waals surface area contributed by atoms with Crippen molar-refractivity contribution in [1.82, 2.24) is 0 Å². The first-order valence-electron chi connectivity index (χ1n) is 9.94. The van der Waals surface area contributed by atoms with Crippen molar-refractivity contribution in [2.75, 3.05) is 18.1 Å². The third-order valence-electron chi connectivity index (χ3n) is 6.52. The fourth-order valence-electron chi connectivity index (χ4n) is 4.90. The third-order valence-corrected chi connectivity index (χ3v) is 7.01. The average Bonchev–Trinajstić information content (AvgIpc) is 3.20. The lowest BCUT2D eigenvalue weighted by atomic mass is 9.82. The number of anilines is 1. The van der Waals surface area contributed by atoms with Crippen molar-refractivity contribution in [3.63, 3.8) is 0 Å². The number of carbonyl (C=O) groups excluding carboxylic acids is 2. The molecule has 0 saturated carbocycles. The normalized spacial score (nSPS) is 31.8. The third kappa shape index (κ3) is 2.65. The molecule has 2 aliphatic heterocycles. The van der Waals surface area contributed by atoms with Crippen LogP contribution in [0.5, 0.6) is 0 Å². The second-order valence-corrected chi connectivity index (χ2v) is 9.30. The van der Waals surface area contributed by atoms with E-state index in [9.17, 15) is 14.7 Å². The molecule has 2 heterocycles. The van der Waals surface area contributed by atoms with Crippen LogP contribution >= 0.6 is 15.9 Å². The van der Waals surface area contributed by atoms with Gasteiger partial charge in [-0.25, -0.2) is 0 Å². The number of unbranched alkanes of at least 4 members (excludes halogenated alkanes) is 1. The van der Waals surface area contributed by atoms with Gasteiger partial charge in [-0.3, -0.25) is 9.59 Å². The van der Waals surface area contributed by atoms with E-state index in [1.165, 1.54) is 0 Å². The van der Waals surface area contributed by atoms with E-state index >= 15 is 0 Å². The maximum atomic E-state index is 13.3. The Hall–Kier alpha value is -1.50. The van der Waals surface area contributed by atoms with E-state index in [1.54, 1.807) is 13.8 Å². The van der Waals surface area contributed by atoms with Crippen LogP contribution in [0.25, 0.3) is 0 Å². The molecule has 1 aromatic rings. The van der Waals surface area contributed by atoms with Crippen LogP contribution in [-0.2, 0) is 19.9 Å². The summed E-state index contributed by atoms with van der Waals surface area (Å²) in [6.07, 6.45) is 2.44. The topological polar surface area (TPSA) is 66.8 Å². The van der Waals surface area contributed by atoms with Gasteiger partial charge in [0, 0.05) is 34.3 Å². The highest BCUT2D eigenvalue weighted by Gasteiger charge is 2.58. The maximum absolute atomic E-state index is 13.3. The van der Waals surface area contributed by atoms with Crippen LogP contribution in [0.2, 0.25) is 0 Å². The van der Waals surface area contributed by atoms with Gasteiger partial charge in [0.15, 0.2) is 17.8 Å². The predicted octanol–water partition coefficient (Wildman–Crippen LogP) is 3.87. The number of allylic oxidation sites excluding steroid dienone is 2. The number of nitrogens with zero attached hydrogens (tertiary/aromatic N) is 1. The van der Waals surface area contributed by atoms with Gasteiger partial charge < -0.3 is 14.7 Å². The van der Waals surface area contributed by atoms with E-state index < -0.39 is 17.2 Å². The summed E-state index contributed by atoms with van der Waals surface area (Å²) in [6, 6.07) is 5.74. The van der Waals surface area contributed by atoms with E-state index in [2.05, 4.69) is 22.9 Å². The van der Waals surface area contributed by atoms with Crippen molar-refractivity contribution in [3.05, 3.63) is 39.4 Å². The molecule has 4 rings (SSSR count). The van der Waals surface area contributed by atoms with Gasteiger partial charge >= 0.3 is 0 Å². The van der Waals surface area contributed by atoms with Gasteiger partial charge in [0.25, 0.3) is 0 Å². The zero-order chi connectivity index (χ0) is 20.3. The SMILES string of the molecule is CCCCC1=C(C)C(=O)[C@@](C)(CN2c3ccc(Br)cc3[C@]3(O)CCO[C@H]23)C1=O. The van der Waals surface area contributed by atoms with E-state index in [0.29, 0.717) is 30.6 Å². The number of ether oxygens (including phenoxy) is 1. The molecule has 6 heteroatoms. The predicted molar refractivity (Wildman–Crippen MR) is 110 cm³/mol. The highest BCUT2D eigenvalue weighted by molar-refractivity contribution is 9.10. The standard InChI is InChI=1S/C22H26BrNO4/c1-4-5-6-15-13(2)18(25)21(3,19(15)26)12-24-17-8-7-14(23)11-16(17)22(27)9-10-28-20(22)24/h7-8,11,20,27H,4-6,9-10,12H2,1-3H3/t20-,21+,22+/m0/s1. The Balaban J connectivity index is 1.70. The highest BCUT2D eigenvalue weighted by Crippen LogP contribution is 2.52. The number of rotatable bonds is 5. The van der Waals surface area contributed by atoms with Crippen molar-refractivity contribution in [2.45, 2.75) is 58.3 Å². The number of benzene rings is 1. The van der Waals surface area contributed by atoms with Gasteiger partial charge in [-0.2, -0.15) is 0 Å². The van der Waals surface area contributed by atoms with Crippen molar-refractivity contribution >= 4 is 33.2 Å². The Kier molecular flexibility index (Phi) is 4.80. The van der Waals surface area contributed by atoms with E-state index in [0.717, 1.165) is 28.6 Å². The first-order valence-corrected chi connectivity index (χ1v) is 10.7. The summed E-state index contributed by atoms with van der Waals surface area (Å²) < 4.78 is 6.76. The highest BCUT2D eigenvalue weighted by atomic mass is 79.9. The van der Waals surface area contributed by atoms with Gasteiger partial charge in [0.05, 0.1) is 6.61 Å². The van der Waals surface area contributed by atoms with E-state index in [1.807, 2.05) is 23.1 Å². The van der Waals surface area contributed by atoms with Crippen LogP contribution in [0, 0.1) is 5.41 Å². The first kappa shape index (κ1) is 19.8. The van der Waals surface area contributed by atoms with Crippen LogP contribution in [0.1, 0.15) is 52.0 Å². The summed E-state index contributed by atoms with van der Waals surface area (Å²) in [5, 5.41) is 11.3. The number of ketones is 2. The van der Waals surface area contributed by atoms with Crippen molar-refractivity contribution in [1.29, 1.82) is 0 Å². The number of halogens is 1. The molecule has 1 aromatic carbocycles. The van der Waals surface area contributed by atoms with Crippen LogP contribution < -0.4 is 4.90 Å². The number of Topliss-reactive ketones (excluding diaryl/α,β-unsaturated/α-hetero) is 2. The maximum Gasteiger partial charge on any atom is 0.174 e. The smallest absolute Gasteiger partial charge is 0.174 e. The summed E-state index contributed by atoms with van der Waals surface area (Å²) in [5.74, 6) is -0.175. The van der Waals surface area contributed by atoms with Crippen LogP contribution in [-0.4, -0.2) is 36.1 Å². The number of aliphatic hydroxyl groups is 1. The minimum Gasteiger partial charge on any atom is -0.380 e. The van der Waals surface area contributed by atoms with Gasteiger partial charge in [-0.05, 0) is 50.5 Å². The number of hydrogen-bond donors (Lipinski definition) is 1. The molecule has 1 fully saturated rings. The van der Waals surface area contributed by atoms with Gasteiger partial charge in [-0.1, -0.05) is 29.3 Å². The molecule has 0 unspecified atom stereocenters. The Morgan fingerprint density at radius 3 is 2.79 bits per heavy atom. The largest absolute Gasteiger partial charge is 0.380 e. The molecular weight excluding hydrogens is 422 g/mol. The molecule has 0 amide bonds. The lowest BCUT2D eigenvalue weighted by Gasteiger charge is -2.34. The number of hydrogen-bond acceptors (Lipinski definition) is 5. The summed E-state index contributed by atoms with van der Waals surface area (Å²) in [7, 11) is 0. The summed E-state index contributed by atoms with van der Waals surface area (Å²) in [6.45, 7) is 6.24. The summed E-state index contributed by atoms with van der Waals surface area (Å²) in [4.78, 5) is 28.3. The molecule has 0 bridgehead atoms. The van der Waals surface area contributed by atoms with Crippen molar-refractivity contribution in [3.8, 4) is 0 Å². The van der Waals surface area contributed by atoms with Crippen LogP contribution in [0.15, 0.2) is 33.8 Å². The van der Waals surface area contributed by atoms with E-state index in [-0.39, 0.29) is 18.1 Å². The molecule has 28 heavy (non-hydrogen) atoms. The lowest BCUT2D eigenvalue weighted by molar-refractivity contribution is -0.133. The molecule has 3 atom stereocenters. The molecule has 1 saturated heterocycles. The Morgan fingerprint density at radius 1 is 1.32 bits per heavy atom. The fraction of sp³-hybridized carbons (Fsp3) is 0.545. The molecule has 0 spiro atoms. The minimum atomic E-state index is -1.14. The summed E-state index contributed by atoms with van der Waals surface area (Å²) >= 11 is 3.48. The fourth-order valence-corrected chi connectivity index (χ4v) is 5.26. The second-order valence-electron chi connectivity index (χ2n) is 8.38. The first-order chi connectivity index (χ1) is 13.2. The van der Waals surface area contributed by atoms with Crippen molar-refractivity contribution < 1.29 is 19.4 Å². The molecule has 0 radical (unpaired) electrons. The second kappa shape index (κ2) is 6.78. The zero-order valence-electron chi connectivity index (χ0n) is 16.5. The molecule has 150 valence electrons. The van der Waals surface area contributed by atoms with Crippen LogP contribution in [0.4, 0.5) is 5.69 Å². The number of fused-ring (bicyclic) bond motifs is 3. The molecule has 1 aliphatic carbocycles.